The van der Waals surface area contributed by atoms with E-state index in [1.165, 1.54) is 18.8 Å². The van der Waals surface area contributed by atoms with E-state index in [0.717, 1.165) is 11.2 Å². The second-order valence-electron chi connectivity index (χ2n) is 9.76. The van der Waals surface area contributed by atoms with E-state index >= 15 is 0 Å². The van der Waals surface area contributed by atoms with Gasteiger partial charge in [-0.1, -0.05) is 37.0 Å². The normalized spacial score (nSPS) is 18.5. The minimum atomic E-state index is -2.88. The highest BCUT2D eigenvalue weighted by molar-refractivity contribution is 7.57. The van der Waals surface area contributed by atoms with Crippen molar-refractivity contribution in [1.29, 1.82) is 0 Å². The van der Waals surface area contributed by atoms with Crippen molar-refractivity contribution >= 4 is 43.2 Å². The van der Waals surface area contributed by atoms with Gasteiger partial charge in [-0.15, -0.1) is 0 Å². The summed E-state index contributed by atoms with van der Waals surface area (Å²) in [6.45, 7) is 15.6. The number of hydrogen-bond donors (Lipinski definition) is 0. The Hall–Kier alpha value is -1.35. The monoisotopic (exact) mass is 544 g/mol. The van der Waals surface area contributed by atoms with E-state index in [2.05, 4.69) is 9.97 Å². The van der Waals surface area contributed by atoms with E-state index in [4.69, 9.17) is 46.5 Å². The van der Waals surface area contributed by atoms with Crippen LogP contribution in [-0.4, -0.2) is 47.9 Å². The third-order valence-corrected chi connectivity index (χ3v) is 7.88. The molecule has 1 unspecified atom stereocenters. The molecule has 35 heavy (non-hydrogen) atoms. The molecule has 0 radical (unpaired) electrons. The van der Waals surface area contributed by atoms with Gasteiger partial charge in [0.05, 0.1) is 27.9 Å². The molecule has 0 spiro atoms. The quantitative estimate of drug-likeness (QED) is 0.269. The highest BCUT2D eigenvalue weighted by Gasteiger charge is 2.52. The van der Waals surface area contributed by atoms with Gasteiger partial charge in [0.2, 0.25) is 7.37 Å². The molecule has 0 amide bonds. The zero-order valence-corrected chi connectivity index (χ0v) is 23.8. The van der Waals surface area contributed by atoms with Gasteiger partial charge in [-0.25, -0.2) is 4.98 Å². The smallest absolute Gasteiger partial charge is 0.483 e. The minimum Gasteiger partial charge on any atom is -0.483 e. The van der Waals surface area contributed by atoms with E-state index < -0.39 is 25.7 Å². The van der Waals surface area contributed by atoms with Crippen molar-refractivity contribution in [3.05, 3.63) is 34.1 Å². The van der Waals surface area contributed by atoms with E-state index in [1.54, 1.807) is 13.1 Å². The van der Waals surface area contributed by atoms with Crippen molar-refractivity contribution in [2.24, 2.45) is 0 Å². The van der Waals surface area contributed by atoms with Gasteiger partial charge < -0.3 is 23.3 Å². The number of halogens is 2. The molecule has 2 heterocycles. The van der Waals surface area contributed by atoms with Gasteiger partial charge in [-0.05, 0) is 40.5 Å². The van der Waals surface area contributed by atoms with Crippen LogP contribution in [0.5, 0.6) is 17.5 Å². The van der Waals surface area contributed by atoms with Gasteiger partial charge in [-0.2, -0.15) is 4.98 Å². The molecule has 1 aromatic carbocycles. The molecule has 0 bridgehead atoms. The van der Waals surface area contributed by atoms with Gasteiger partial charge in [0.1, 0.15) is 5.75 Å². The van der Waals surface area contributed by atoms with Crippen LogP contribution < -0.4 is 14.9 Å². The molecule has 1 aliphatic rings. The molecule has 1 fully saturated rings. The first-order valence-electron chi connectivity index (χ1n) is 11.4. The first kappa shape index (κ1) is 28.2. The molecule has 1 aliphatic heterocycles. The second-order valence-corrected chi connectivity index (χ2v) is 13.1. The first-order valence-corrected chi connectivity index (χ1v) is 14.4. The molecule has 8 nitrogen and oxygen atoms in total. The molecule has 0 saturated carbocycles. The molecule has 0 aliphatic carbocycles. The van der Waals surface area contributed by atoms with Crippen LogP contribution in [-0.2, 0) is 18.4 Å². The summed E-state index contributed by atoms with van der Waals surface area (Å²) >= 11 is 12.8. The molecule has 192 valence electrons. The van der Waals surface area contributed by atoms with Crippen molar-refractivity contribution in [3.63, 3.8) is 0 Å². The molecule has 2 aromatic rings. The molecule has 1 atom stereocenters. The Balaban J connectivity index is 1.83. The van der Waals surface area contributed by atoms with Crippen LogP contribution in [0, 0.1) is 0 Å². The molecular weight excluding hydrogens is 513 g/mol. The lowest BCUT2D eigenvalue weighted by atomic mass is 9.77. The van der Waals surface area contributed by atoms with Crippen LogP contribution in [0.4, 0.5) is 0 Å². The maximum atomic E-state index is 12.3. The van der Waals surface area contributed by atoms with Crippen molar-refractivity contribution in [1.82, 2.24) is 9.97 Å². The summed E-state index contributed by atoms with van der Waals surface area (Å²) < 4.78 is 41.3. The van der Waals surface area contributed by atoms with E-state index in [0.29, 0.717) is 12.4 Å². The molecule has 1 saturated heterocycles. The van der Waals surface area contributed by atoms with Gasteiger partial charge in [0.25, 0.3) is 0 Å². The highest BCUT2D eigenvalue weighted by Crippen LogP contribution is 2.44. The van der Waals surface area contributed by atoms with Crippen LogP contribution in [0.2, 0.25) is 10.0 Å². The molecule has 3 rings (SSSR count). The molecule has 12 heteroatoms. The number of benzene rings is 1. The molecule has 0 N–H and O–H groups in total. The highest BCUT2D eigenvalue weighted by atomic mass is 35.5. The number of aromatic nitrogens is 2. The number of nitrogens with zero attached hydrogens (tertiary/aromatic N) is 2. The average molecular weight is 545 g/mol. The van der Waals surface area contributed by atoms with Crippen LogP contribution in [0.1, 0.15) is 60.1 Å². The maximum absolute atomic E-state index is 12.3. The Bertz CT molecular complexity index is 1090. The maximum Gasteiger partial charge on any atom is 0.498 e. The third-order valence-electron chi connectivity index (χ3n) is 5.91. The van der Waals surface area contributed by atoms with E-state index in [-0.39, 0.29) is 34.1 Å². The number of rotatable bonds is 9. The van der Waals surface area contributed by atoms with Crippen LogP contribution in [0.3, 0.4) is 0 Å². The Labute approximate surface area is 217 Å². The number of hydrogen-bond acceptors (Lipinski definition) is 8. The minimum absolute atomic E-state index is 0.0474. The summed E-state index contributed by atoms with van der Waals surface area (Å²) in [7, 11) is -3.48. The zero-order valence-electron chi connectivity index (χ0n) is 21.3. The van der Waals surface area contributed by atoms with Gasteiger partial charge in [0, 0.05) is 36.2 Å². The molecular formula is C23H32BCl2N2O6P. The largest absolute Gasteiger partial charge is 0.498 e. The standard InChI is InChI=1S/C23H32BCl2N2O6P/c1-9-31-35(8,29)13-30-15-10-17(25)20(18(26)11-15)32-21-27-12-16(19(28-21)14(2)3)24-33-22(4,5)23(6,7)34-24/h10-12,14H,9,13H2,1-8H3. The summed E-state index contributed by atoms with van der Waals surface area (Å²) in [4.78, 5) is 8.96. The zero-order chi connectivity index (χ0) is 26.2. The van der Waals surface area contributed by atoms with Crippen molar-refractivity contribution < 1.29 is 27.9 Å². The third kappa shape index (κ3) is 6.51. The second kappa shape index (κ2) is 10.6. The first-order chi connectivity index (χ1) is 16.2. The summed E-state index contributed by atoms with van der Waals surface area (Å²) in [5.41, 5.74) is 0.501. The van der Waals surface area contributed by atoms with Crippen molar-refractivity contribution in [2.75, 3.05) is 19.6 Å². The molecule has 1 aromatic heterocycles. The Morgan fingerprint density at radius 1 is 1.11 bits per heavy atom. The van der Waals surface area contributed by atoms with Crippen LogP contribution >= 0.6 is 30.6 Å². The van der Waals surface area contributed by atoms with Crippen molar-refractivity contribution in [3.8, 4) is 17.5 Å². The Kier molecular flexibility index (Phi) is 8.52. The Morgan fingerprint density at radius 2 is 1.69 bits per heavy atom. The van der Waals surface area contributed by atoms with E-state index in [9.17, 15) is 4.57 Å². The van der Waals surface area contributed by atoms with Gasteiger partial charge in [-0.3, -0.25) is 4.57 Å². The fourth-order valence-electron chi connectivity index (χ4n) is 3.36. The fraction of sp³-hybridized carbons (Fsp3) is 0.565. The lowest BCUT2D eigenvalue weighted by Crippen LogP contribution is -2.41. The van der Waals surface area contributed by atoms with Crippen molar-refractivity contribution in [2.45, 2.75) is 65.6 Å². The topological polar surface area (TPSA) is 89.0 Å². The Morgan fingerprint density at radius 3 is 2.20 bits per heavy atom. The predicted octanol–water partition coefficient (Wildman–Crippen LogP) is 6.28. The van der Waals surface area contributed by atoms with Crippen LogP contribution in [0.25, 0.3) is 0 Å². The summed E-state index contributed by atoms with van der Waals surface area (Å²) in [6.07, 6.45) is 1.54. The van der Waals surface area contributed by atoms with Gasteiger partial charge >= 0.3 is 13.1 Å². The van der Waals surface area contributed by atoms with Crippen LogP contribution in [0.15, 0.2) is 18.3 Å². The fourth-order valence-corrected chi connectivity index (χ4v) is 4.91. The van der Waals surface area contributed by atoms with E-state index in [1.807, 2.05) is 41.5 Å². The summed E-state index contributed by atoms with van der Waals surface area (Å²) in [6, 6.07) is 3.13. The SMILES string of the molecule is CCOP(C)(=O)COc1cc(Cl)c(Oc2ncc(B3OC(C)(C)C(C)(C)O3)c(C(C)C)n2)c(Cl)c1. The lowest BCUT2D eigenvalue weighted by molar-refractivity contribution is 0.00578. The number of ether oxygens (including phenoxy) is 2. The summed E-state index contributed by atoms with van der Waals surface area (Å²) in [5.74, 6) is 0.573. The average Bonchev–Trinajstić information content (AvgIpc) is 2.96. The summed E-state index contributed by atoms with van der Waals surface area (Å²) in [5, 5.41) is 0.388. The van der Waals surface area contributed by atoms with Gasteiger partial charge in [0.15, 0.2) is 12.1 Å². The lowest BCUT2D eigenvalue weighted by Gasteiger charge is -2.32. The predicted molar refractivity (Wildman–Crippen MR) is 139 cm³/mol.